The molecule has 0 radical (unpaired) electrons. The normalized spacial score (nSPS) is 17.5. The third-order valence-electron chi connectivity index (χ3n) is 3.38. The van der Waals surface area contributed by atoms with Crippen LogP contribution in [0.1, 0.15) is 23.3 Å². The van der Waals surface area contributed by atoms with Gasteiger partial charge in [-0.3, -0.25) is 4.79 Å². The summed E-state index contributed by atoms with van der Waals surface area (Å²) in [6.45, 7) is 1.68. The molecule has 0 aliphatic carbocycles. The van der Waals surface area contributed by atoms with E-state index >= 15 is 0 Å². The zero-order valence-corrected chi connectivity index (χ0v) is 11.8. The van der Waals surface area contributed by atoms with Gasteiger partial charge in [-0.2, -0.15) is 0 Å². The first-order chi connectivity index (χ1) is 8.11. The minimum atomic E-state index is 0.132. The quantitative estimate of drug-likeness (QED) is 0.901. The average Bonchev–Trinajstić information content (AvgIpc) is 2.68. The van der Waals surface area contributed by atoms with Gasteiger partial charge in [0, 0.05) is 36.8 Å². The van der Waals surface area contributed by atoms with Crippen LogP contribution in [0.2, 0.25) is 0 Å². The van der Waals surface area contributed by atoms with Gasteiger partial charge in [0.1, 0.15) is 5.69 Å². The molecule has 1 N–H and O–H groups in total. The first kappa shape index (κ1) is 12.6. The molecule has 0 atom stereocenters. The number of hydrogen-bond acceptors (Lipinski definition) is 2. The second-order valence-corrected chi connectivity index (χ2v) is 5.43. The molecule has 2 rings (SSSR count). The lowest BCUT2D eigenvalue weighted by atomic mass is 10.1. The molecule has 1 aromatic heterocycles. The summed E-state index contributed by atoms with van der Waals surface area (Å²) in [4.78, 5) is 14.2. The van der Waals surface area contributed by atoms with Crippen LogP contribution in [0, 0.1) is 0 Å². The van der Waals surface area contributed by atoms with Crippen LogP contribution in [-0.2, 0) is 7.05 Å². The molecule has 0 spiro atoms. The molecule has 1 aliphatic rings. The zero-order valence-electron chi connectivity index (χ0n) is 10.2. The lowest BCUT2D eigenvalue weighted by molar-refractivity contribution is 0.0697. The average molecular weight is 300 g/mol. The number of carbonyl (C=O) groups excluding carboxylic acids is 1. The number of piperidine rings is 1. The minimum Gasteiger partial charge on any atom is -0.345 e. The van der Waals surface area contributed by atoms with Crippen LogP contribution in [0.25, 0.3) is 0 Å². The summed E-state index contributed by atoms with van der Waals surface area (Å²) in [5, 5.41) is 3.27. The van der Waals surface area contributed by atoms with E-state index in [1.807, 2.05) is 35.8 Å². The molecule has 5 heteroatoms. The smallest absolute Gasteiger partial charge is 0.270 e. The predicted molar refractivity (Wildman–Crippen MR) is 71.1 cm³/mol. The Morgan fingerprint density at radius 1 is 1.47 bits per heavy atom. The second kappa shape index (κ2) is 5.23. The number of nitrogens with one attached hydrogen (secondary N) is 1. The van der Waals surface area contributed by atoms with Crippen molar-refractivity contribution in [3.63, 3.8) is 0 Å². The van der Waals surface area contributed by atoms with Crippen molar-refractivity contribution in [3.8, 4) is 0 Å². The fourth-order valence-corrected chi connectivity index (χ4v) is 2.79. The Morgan fingerprint density at radius 2 is 2.12 bits per heavy atom. The molecular formula is C12H18BrN3O. The summed E-state index contributed by atoms with van der Waals surface area (Å²) in [6.07, 6.45) is 3.98. The first-order valence-corrected chi connectivity index (χ1v) is 6.69. The Bertz CT molecular complexity index is 408. The number of amides is 1. The number of halogens is 1. The molecule has 2 heterocycles. The zero-order chi connectivity index (χ0) is 12.4. The van der Waals surface area contributed by atoms with Crippen molar-refractivity contribution in [2.75, 3.05) is 20.1 Å². The maximum absolute atomic E-state index is 12.3. The van der Waals surface area contributed by atoms with Crippen LogP contribution in [0.5, 0.6) is 0 Å². The predicted octanol–water partition coefficient (Wildman–Crippen LogP) is 1.61. The van der Waals surface area contributed by atoms with E-state index < -0.39 is 0 Å². The molecule has 1 saturated heterocycles. The molecule has 1 amide bonds. The Kier molecular flexibility index (Phi) is 3.89. The van der Waals surface area contributed by atoms with Gasteiger partial charge >= 0.3 is 0 Å². The Balaban J connectivity index is 2.04. The summed E-state index contributed by atoms with van der Waals surface area (Å²) in [5.41, 5.74) is 0.750. The minimum absolute atomic E-state index is 0.132. The highest BCUT2D eigenvalue weighted by Crippen LogP contribution is 2.18. The molecule has 94 valence electrons. The van der Waals surface area contributed by atoms with Gasteiger partial charge < -0.3 is 14.8 Å². The highest BCUT2D eigenvalue weighted by molar-refractivity contribution is 9.10. The van der Waals surface area contributed by atoms with Crippen molar-refractivity contribution in [1.29, 1.82) is 0 Å². The van der Waals surface area contributed by atoms with Gasteiger partial charge in [-0.1, -0.05) is 0 Å². The number of hydrogen-bond donors (Lipinski definition) is 1. The van der Waals surface area contributed by atoms with Gasteiger partial charge in [0.2, 0.25) is 0 Å². The summed E-state index contributed by atoms with van der Waals surface area (Å²) >= 11 is 3.39. The van der Waals surface area contributed by atoms with Gasteiger partial charge in [0.25, 0.3) is 5.91 Å². The van der Waals surface area contributed by atoms with E-state index in [1.165, 1.54) is 0 Å². The summed E-state index contributed by atoms with van der Waals surface area (Å²) in [7, 11) is 3.88. The van der Waals surface area contributed by atoms with Crippen molar-refractivity contribution >= 4 is 21.8 Å². The Hall–Kier alpha value is -0.810. The fourth-order valence-electron chi connectivity index (χ4n) is 2.27. The van der Waals surface area contributed by atoms with Gasteiger partial charge in [-0.05, 0) is 41.9 Å². The molecule has 0 saturated carbocycles. The number of aromatic nitrogens is 1. The molecule has 0 bridgehead atoms. The summed E-state index contributed by atoms with van der Waals surface area (Å²) in [5.74, 6) is 0.132. The van der Waals surface area contributed by atoms with Crippen molar-refractivity contribution < 1.29 is 4.79 Å². The highest BCUT2D eigenvalue weighted by atomic mass is 79.9. The summed E-state index contributed by atoms with van der Waals surface area (Å²) < 4.78 is 2.82. The topological polar surface area (TPSA) is 37.3 Å². The van der Waals surface area contributed by atoms with Gasteiger partial charge in [-0.25, -0.2) is 0 Å². The Morgan fingerprint density at radius 3 is 2.59 bits per heavy atom. The van der Waals surface area contributed by atoms with E-state index in [2.05, 4.69) is 21.2 Å². The monoisotopic (exact) mass is 299 g/mol. The van der Waals surface area contributed by atoms with E-state index in [-0.39, 0.29) is 5.91 Å². The lowest BCUT2D eigenvalue weighted by Gasteiger charge is -2.31. The number of carbonyl (C=O) groups is 1. The maximum atomic E-state index is 12.3. The molecule has 17 heavy (non-hydrogen) atoms. The van der Waals surface area contributed by atoms with E-state index in [4.69, 9.17) is 0 Å². The molecule has 0 aromatic carbocycles. The Labute approximate surface area is 110 Å². The van der Waals surface area contributed by atoms with Gasteiger partial charge in [0.05, 0.1) is 0 Å². The highest BCUT2D eigenvalue weighted by Gasteiger charge is 2.24. The van der Waals surface area contributed by atoms with Crippen molar-refractivity contribution in [2.45, 2.75) is 18.9 Å². The van der Waals surface area contributed by atoms with Gasteiger partial charge in [-0.15, -0.1) is 0 Å². The van der Waals surface area contributed by atoms with Gasteiger partial charge in [0.15, 0.2) is 0 Å². The first-order valence-electron chi connectivity index (χ1n) is 5.90. The van der Waals surface area contributed by atoms with Crippen LogP contribution in [0.15, 0.2) is 16.7 Å². The van der Waals surface area contributed by atoms with E-state index in [0.717, 1.165) is 36.1 Å². The van der Waals surface area contributed by atoms with Crippen molar-refractivity contribution in [1.82, 2.24) is 14.8 Å². The maximum Gasteiger partial charge on any atom is 0.270 e. The third-order valence-corrected chi connectivity index (χ3v) is 3.81. The lowest BCUT2D eigenvalue weighted by Crippen LogP contribution is -2.44. The van der Waals surface area contributed by atoms with Crippen LogP contribution in [0.3, 0.4) is 0 Å². The number of rotatable bonds is 2. The largest absolute Gasteiger partial charge is 0.345 e. The van der Waals surface area contributed by atoms with Crippen molar-refractivity contribution in [3.05, 3.63) is 22.4 Å². The molecule has 4 nitrogen and oxygen atoms in total. The molecule has 1 aliphatic heterocycles. The number of nitrogens with zero attached hydrogens (tertiary/aromatic N) is 2. The molecular weight excluding hydrogens is 282 g/mol. The van der Waals surface area contributed by atoms with Crippen molar-refractivity contribution in [2.24, 2.45) is 7.05 Å². The van der Waals surface area contributed by atoms with E-state index in [1.54, 1.807) is 0 Å². The second-order valence-electron chi connectivity index (χ2n) is 4.51. The third kappa shape index (κ3) is 2.72. The van der Waals surface area contributed by atoms with Crippen LogP contribution in [-0.4, -0.2) is 41.6 Å². The molecule has 0 unspecified atom stereocenters. The SMILES string of the molecule is CNC1CCN(C(=O)c2cc(Br)cn2C)CC1. The standard InChI is InChI=1S/C12H18BrN3O/c1-14-10-3-5-16(6-4-10)12(17)11-7-9(13)8-15(11)2/h7-8,10,14H,3-6H2,1-2H3. The molecule has 1 fully saturated rings. The van der Waals surface area contributed by atoms with Crippen LogP contribution < -0.4 is 5.32 Å². The number of aryl methyl sites for hydroxylation is 1. The summed E-state index contributed by atoms with van der Waals surface area (Å²) in [6, 6.07) is 2.44. The number of likely N-dealkylation sites (tertiary alicyclic amines) is 1. The van der Waals surface area contributed by atoms with E-state index in [0.29, 0.717) is 6.04 Å². The van der Waals surface area contributed by atoms with Crippen LogP contribution in [0.4, 0.5) is 0 Å². The fraction of sp³-hybridized carbons (Fsp3) is 0.583. The van der Waals surface area contributed by atoms with E-state index in [9.17, 15) is 4.79 Å². The van der Waals surface area contributed by atoms with Crippen LogP contribution >= 0.6 is 15.9 Å². The molecule has 1 aromatic rings.